The van der Waals surface area contributed by atoms with Crippen molar-refractivity contribution in [3.63, 3.8) is 0 Å². The highest BCUT2D eigenvalue weighted by Gasteiger charge is 2.12. The first-order chi connectivity index (χ1) is 11.7. The van der Waals surface area contributed by atoms with Gasteiger partial charge in [0.25, 0.3) is 5.91 Å². The van der Waals surface area contributed by atoms with E-state index in [1.54, 1.807) is 6.20 Å². The van der Waals surface area contributed by atoms with E-state index in [4.69, 9.17) is 0 Å². The largest absolute Gasteiger partial charge is 0.367 e. The highest BCUT2D eigenvalue weighted by atomic mass is 16.1. The smallest absolute Gasteiger partial charge is 0.255 e. The van der Waals surface area contributed by atoms with E-state index in [0.717, 1.165) is 11.4 Å². The maximum Gasteiger partial charge on any atom is 0.255 e. The Kier molecular flexibility index (Phi) is 5.47. The molecule has 4 nitrogen and oxygen atoms in total. The van der Waals surface area contributed by atoms with E-state index >= 15 is 0 Å². The highest BCUT2D eigenvalue weighted by Crippen LogP contribution is 2.21. The van der Waals surface area contributed by atoms with Crippen molar-refractivity contribution < 1.29 is 4.79 Å². The number of nitrogens with one attached hydrogen (secondary N) is 2. The van der Waals surface area contributed by atoms with Gasteiger partial charge < -0.3 is 10.6 Å². The molecule has 0 bridgehead atoms. The molecule has 1 fully saturated rings. The van der Waals surface area contributed by atoms with Crippen LogP contribution in [-0.4, -0.2) is 16.9 Å². The predicted molar refractivity (Wildman–Crippen MR) is 98.5 cm³/mol. The Labute approximate surface area is 143 Å². The second kappa shape index (κ2) is 7.95. The third-order valence-electron chi connectivity index (χ3n) is 4.51. The molecule has 1 heterocycles. The van der Waals surface area contributed by atoms with Gasteiger partial charge >= 0.3 is 0 Å². The summed E-state index contributed by atoms with van der Waals surface area (Å²) >= 11 is 0. The molecule has 0 atom stereocenters. The van der Waals surface area contributed by atoms with Crippen LogP contribution in [0.5, 0.6) is 0 Å². The third-order valence-corrected chi connectivity index (χ3v) is 4.51. The lowest BCUT2D eigenvalue weighted by Gasteiger charge is -2.17. The number of pyridine rings is 1. The molecule has 1 aromatic heterocycles. The molecule has 1 amide bonds. The Hall–Kier alpha value is -2.36. The summed E-state index contributed by atoms with van der Waals surface area (Å²) in [5.74, 6) is 0.778. The first-order valence-electron chi connectivity index (χ1n) is 8.81. The van der Waals surface area contributed by atoms with Crippen LogP contribution in [0.1, 0.15) is 54.4 Å². The Morgan fingerprint density at radius 3 is 2.54 bits per heavy atom. The van der Waals surface area contributed by atoms with Gasteiger partial charge in [0.05, 0.1) is 11.9 Å². The second-order valence-corrected chi connectivity index (χ2v) is 6.59. The number of carbonyl (C=O) groups excluding carboxylic acids is 1. The summed E-state index contributed by atoms with van der Waals surface area (Å²) < 4.78 is 0. The molecule has 1 aliphatic carbocycles. The van der Waals surface area contributed by atoms with Crippen LogP contribution in [0.15, 0.2) is 42.6 Å². The number of aromatic nitrogens is 1. The predicted octanol–water partition coefficient (Wildman–Crippen LogP) is 4.78. The van der Waals surface area contributed by atoms with Gasteiger partial charge in [-0.05, 0) is 44.0 Å². The van der Waals surface area contributed by atoms with Crippen molar-refractivity contribution in [2.75, 3.05) is 10.6 Å². The van der Waals surface area contributed by atoms with Crippen molar-refractivity contribution in [3.05, 3.63) is 53.7 Å². The third kappa shape index (κ3) is 4.57. The molecule has 1 aliphatic rings. The molecule has 1 saturated carbocycles. The average molecular weight is 323 g/mol. The van der Waals surface area contributed by atoms with Crippen molar-refractivity contribution >= 4 is 17.4 Å². The van der Waals surface area contributed by atoms with Gasteiger partial charge in [-0.2, -0.15) is 0 Å². The van der Waals surface area contributed by atoms with Gasteiger partial charge in [0, 0.05) is 11.6 Å². The van der Waals surface area contributed by atoms with Gasteiger partial charge in [-0.15, -0.1) is 0 Å². The number of hydrogen-bond donors (Lipinski definition) is 2. The zero-order valence-electron chi connectivity index (χ0n) is 14.2. The monoisotopic (exact) mass is 323 g/mol. The fourth-order valence-electron chi connectivity index (χ4n) is 3.18. The molecule has 2 N–H and O–H groups in total. The molecular weight excluding hydrogens is 298 g/mol. The number of nitrogens with zero attached hydrogens (tertiary/aromatic N) is 1. The molecule has 0 radical (unpaired) electrons. The maximum absolute atomic E-state index is 12.3. The van der Waals surface area contributed by atoms with Gasteiger partial charge in [-0.1, -0.05) is 43.4 Å². The van der Waals surface area contributed by atoms with Gasteiger partial charge in [0.15, 0.2) is 0 Å². The van der Waals surface area contributed by atoms with Gasteiger partial charge in [-0.25, -0.2) is 4.98 Å². The summed E-state index contributed by atoms with van der Waals surface area (Å²) in [5.41, 5.74) is 2.45. The number of benzene rings is 1. The van der Waals surface area contributed by atoms with Crippen molar-refractivity contribution in [3.8, 4) is 0 Å². The van der Waals surface area contributed by atoms with E-state index in [1.165, 1.54) is 38.5 Å². The Bertz CT molecular complexity index is 674. The highest BCUT2D eigenvalue weighted by molar-refractivity contribution is 6.04. The van der Waals surface area contributed by atoms with Crippen LogP contribution in [0.2, 0.25) is 0 Å². The van der Waals surface area contributed by atoms with Crippen LogP contribution >= 0.6 is 0 Å². The lowest BCUT2D eigenvalue weighted by atomic mass is 10.1. The summed E-state index contributed by atoms with van der Waals surface area (Å²) in [4.78, 5) is 16.7. The zero-order chi connectivity index (χ0) is 16.8. The minimum atomic E-state index is -0.107. The van der Waals surface area contributed by atoms with Crippen molar-refractivity contribution in [2.45, 2.75) is 51.5 Å². The Morgan fingerprint density at radius 2 is 1.88 bits per heavy atom. The second-order valence-electron chi connectivity index (χ2n) is 6.59. The van der Waals surface area contributed by atoms with E-state index in [1.807, 2.05) is 43.3 Å². The Morgan fingerprint density at radius 1 is 1.08 bits per heavy atom. The van der Waals surface area contributed by atoms with Crippen molar-refractivity contribution in [1.29, 1.82) is 0 Å². The van der Waals surface area contributed by atoms with Crippen LogP contribution in [0.3, 0.4) is 0 Å². The van der Waals surface area contributed by atoms with Crippen LogP contribution < -0.4 is 10.6 Å². The number of rotatable bonds is 4. The summed E-state index contributed by atoms with van der Waals surface area (Å²) in [6.45, 7) is 1.98. The number of aryl methyl sites for hydroxylation is 1. The lowest BCUT2D eigenvalue weighted by Crippen LogP contribution is -2.19. The topological polar surface area (TPSA) is 54.0 Å². The maximum atomic E-state index is 12.3. The molecule has 0 spiro atoms. The van der Waals surface area contributed by atoms with Gasteiger partial charge in [-0.3, -0.25) is 4.79 Å². The summed E-state index contributed by atoms with van der Waals surface area (Å²) in [6.07, 6.45) is 9.42. The number of hydrogen-bond acceptors (Lipinski definition) is 3. The van der Waals surface area contributed by atoms with Gasteiger partial charge in [0.1, 0.15) is 5.82 Å². The molecule has 3 rings (SSSR count). The quantitative estimate of drug-likeness (QED) is 0.796. The van der Waals surface area contributed by atoms with Crippen molar-refractivity contribution in [1.82, 2.24) is 4.98 Å². The normalized spacial score (nSPS) is 15.5. The molecule has 0 unspecified atom stereocenters. The molecule has 0 saturated heterocycles. The molecule has 4 heteroatoms. The fraction of sp³-hybridized carbons (Fsp3) is 0.400. The SMILES string of the molecule is Cc1cccc(C(=O)Nc2ccc(NC3CCCCCC3)nc2)c1. The van der Waals surface area contributed by atoms with E-state index < -0.39 is 0 Å². The Balaban J connectivity index is 1.58. The summed E-state index contributed by atoms with van der Waals surface area (Å²) in [7, 11) is 0. The van der Waals surface area contributed by atoms with Crippen LogP contribution in [0, 0.1) is 6.92 Å². The lowest BCUT2D eigenvalue weighted by molar-refractivity contribution is 0.102. The van der Waals surface area contributed by atoms with E-state index in [-0.39, 0.29) is 5.91 Å². The number of anilines is 2. The van der Waals surface area contributed by atoms with E-state index in [0.29, 0.717) is 17.3 Å². The molecule has 24 heavy (non-hydrogen) atoms. The fourth-order valence-corrected chi connectivity index (χ4v) is 3.18. The first-order valence-corrected chi connectivity index (χ1v) is 8.81. The van der Waals surface area contributed by atoms with E-state index in [2.05, 4.69) is 15.6 Å². The van der Waals surface area contributed by atoms with Crippen molar-refractivity contribution in [2.24, 2.45) is 0 Å². The standard InChI is InChI=1S/C20H25N3O/c1-15-7-6-8-16(13-15)20(24)23-18-11-12-19(21-14-18)22-17-9-4-2-3-5-10-17/h6-8,11-14,17H,2-5,9-10H2,1H3,(H,21,22)(H,23,24). The number of amides is 1. The molecule has 1 aromatic carbocycles. The summed E-state index contributed by atoms with van der Waals surface area (Å²) in [5, 5.41) is 6.41. The molecule has 0 aliphatic heterocycles. The molecule has 126 valence electrons. The van der Waals surface area contributed by atoms with E-state index in [9.17, 15) is 4.79 Å². The van der Waals surface area contributed by atoms with Crippen LogP contribution in [0.4, 0.5) is 11.5 Å². The van der Waals surface area contributed by atoms with Crippen LogP contribution in [0.25, 0.3) is 0 Å². The first kappa shape index (κ1) is 16.5. The van der Waals surface area contributed by atoms with Crippen LogP contribution in [-0.2, 0) is 0 Å². The number of carbonyl (C=O) groups is 1. The summed E-state index contributed by atoms with van der Waals surface area (Å²) in [6, 6.07) is 11.9. The van der Waals surface area contributed by atoms with Gasteiger partial charge in [0.2, 0.25) is 0 Å². The molecule has 2 aromatic rings. The molecular formula is C20H25N3O. The average Bonchev–Trinajstić information content (AvgIpc) is 2.85. The minimum Gasteiger partial charge on any atom is -0.367 e. The minimum absolute atomic E-state index is 0.107. The zero-order valence-corrected chi connectivity index (χ0v) is 14.2.